The number of aliphatic carboxylic acids is 1. The molecule has 1 aromatic rings. The molecule has 0 unspecified atom stereocenters. The maximum Gasteiger partial charge on any atom is 0.305 e. The summed E-state index contributed by atoms with van der Waals surface area (Å²) in [5, 5.41) is 8.75. The van der Waals surface area contributed by atoms with E-state index in [0.717, 1.165) is 6.07 Å². The number of nitrogens with zero attached hydrogens (tertiary/aromatic N) is 1. The number of carbonyl (C=O) groups excluding carboxylic acids is 1. The van der Waals surface area contributed by atoms with E-state index in [9.17, 15) is 14.0 Å². The Labute approximate surface area is 128 Å². The molecule has 0 aliphatic rings. The molecule has 0 aliphatic carbocycles. The van der Waals surface area contributed by atoms with Crippen molar-refractivity contribution in [2.24, 2.45) is 0 Å². The summed E-state index contributed by atoms with van der Waals surface area (Å²) in [5.41, 5.74) is -0.184. The van der Waals surface area contributed by atoms with Gasteiger partial charge in [0.1, 0.15) is 5.82 Å². The van der Waals surface area contributed by atoms with Crippen molar-refractivity contribution in [1.29, 1.82) is 0 Å². The van der Waals surface area contributed by atoms with Crippen LogP contribution in [0.4, 0.5) is 4.39 Å². The van der Waals surface area contributed by atoms with E-state index in [1.54, 1.807) is 13.8 Å². The first-order valence-electron chi connectivity index (χ1n) is 6.76. The molecule has 122 valence electrons. The van der Waals surface area contributed by atoms with Gasteiger partial charge in [0.25, 0.3) is 5.91 Å². The molecule has 0 heterocycles. The topological polar surface area (TPSA) is 76.1 Å². The normalized spacial score (nSPS) is 10.5. The number of hydrogen-bond donors (Lipinski definition) is 1. The van der Waals surface area contributed by atoms with Crippen LogP contribution in [0.25, 0.3) is 0 Å². The lowest BCUT2D eigenvalue weighted by molar-refractivity contribution is -0.137. The number of halogens is 1. The van der Waals surface area contributed by atoms with Gasteiger partial charge in [-0.25, -0.2) is 4.39 Å². The van der Waals surface area contributed by atoms with Gasteiger partial charge in [-0.2, -0.15) is 0 Å². The Kier molecular flexibility index (Phi) is 6.15. The van der Waals surface area contributed by atoms with Gasteiger partial charge >= 0.3 is 5.97 Å². The van der Waals surface area contributed by atoms with Crippen LogP contribution in [0, 0.1) is 5.82 Å². The van der Waals surface area contributed by atoms with E-state index >= 15 is 0 Å². The average Bonchev–Trinajstić information content (AvgIpc) is 2.46. The van der Waals surface area contributed by atoms with Crippen molar-refractivity contribution in [3.05, 3.63) is 23.5 Å². The van der Waals surface area contributed by atoms with Crippen LogP contribution in [0.5, 0.6) is 11.5 Å². The van der Waals surface area contributed by atoms with Gasteiger partial charge in [0, 0.05) is 18.7 Å². The van der Waals surface area contributed by atoms with Gasteiger partial charge in [-0.05, 0) is 19.9 Å². The lowest BCUT2D eigenvalue weighted by Gasteiger charge is -2.26. The summed E-state index contributed by atoms with van der Waals surface area (Å²) in [5.74, 6) is -1.95. The molecular weight excluding hydrogens is 293 g/mol. The maximum atomic E-state index is 14.1. The minimum absolute atomic E-state index is 0.000379. The predicted molar refractivity (Wildman–Crippen MR) is 77.9 cm³/mol. The Hall–Kier alpha value is -2.31. The summed E-state index contributed by atoms with van der Waals surface area (Å²) in [4.78, 5) is 24.5. The number of amides is 1. The van der Waals surface area contributed by atoms with Crippen LogP contribution < -0.4 is 9.47 Å². The number of hydrogen-bond acceptors (Lipinski definition) is 4. The molecule has 7 heteroatoms. The van der Waals surface area contributed by atoms with Crippen LogP contribution in [0.15, 0.2) is 12.1 Å². The van der Waals surface area contributed by atoms with Crippen molar-refractivity contribution in [2.45, 2.75) is 26.3 Å². The Bertz CT molecular complexity index is 559. The molecular formula is C15H20FNO5. The average molecular weight is 313 g/mol. The number of benzene rings is 1. The minimum atomic E-state index is -1.02. The molecule has 0 radical (unpaired) electrons. The van der Waals surface area contributed by atoms with Crippen LogP contribution in [-0.4, -0.2) is 48.7 Å². The molecule has 1 N–H and O–H groups in total. The third kappa shape index (κ3) is 4.09. The van der Waals surface area contributed by atoms with Gasteiger partial charge in [0.2, 0.25) is 0 Å². The zero-order valence-electron chi connectivity index (χ0n) is 13.1. The SMILES string of the molecule is COc1cc(F)c(C(=O)N(CCC(=O)O)C(C)C)cc1OC. The van der Waals surface area contributed by atoms with E-state index in [0.29, 0.717) is 0 Å². The molecule has 0 spiro atoms. The number of carboxylic acid groups (broad SMARTS) is 1. The molecule has 1 aromatic carbocycles. The van der Waals surface area contributed by atoms with E-state index in [4.69, 9.17) is 14.6 Å². The second kappa shape index (κ2) is 7.63. The smallest absolute Gasteiger partial charge is 0.305 e. The van der Waals surface area contributed by atoms with Gasteiger partial charge < -0.3 is 19.5 Å². The van der Waals surface area contributed by atoms with Gasteiger partial charge in [0.05, 0.1) is 26.2 Å². The Morgan fingerprint density at radius 3 is 2.23 bits per heavy atom. The van der Waals surface area contributed by atoms with Crippen LogP contribution in [-0.2, 0) is 4.79 Å². The fraction of sp³-hybridized carbons (Fsp3) is 0.467. The highest BCUT2D eigenvalue weighted by atomic mass is 19.1. The van der Waals surface area contributed by atoms with Gasteiger partial charge in [-0.15, -0.1) is 0 Å². The number of carboxylic acids is 1. The fourth-order valence-electron chi connectivity index (χ4n) is 1.98. The van der Waals surface area contributed by atoms with Crippen molar-refractivity contribution >= 4 is 11.9 Å². The molecule has 0 fully saturated rings. The summed E-state index contributed by atoms with van der Waals surface area (Å²) in [6.45, 7) is 3.47. The quantitative estimate of drug-likeness (QED) is 0.835. The van der Waals surface area contributed by atoms with Crippen molar-refractivity contribution in [1.82, 2.24) is 4.90 Å². The summed E-state index contributed by atoms with van der Waals surface area (Å²) < 4.78 is 24.2. The van der Waals surface area contributed by atoms with E-state index in [-0.39, 0.29) is 36.1 Å². The van der Waals surface area contributed by atoms with Crippen LogP contribution in [0.1, 0.15) is 30.6 Å². The molecule has 0 saturated heterocycles. The third-order valence-corrected chi connectivity index (χ3v) is 3.15. The van der Waals surface area contributed by atoms with Crippen LogP contribution >= 0.6 is 0 Å². The Morgan fingerprint density at radius 1 is 1.23 bits per heavy atom. The van der Waals surface area contributed by atoms with E-state index < -0.39 is 17.7 Å². The molecule has 1 amide bonds. The van der Waals surface area contributed by atoms with E-state index in [1.165, 1.54) is 25.2 Å². The molecule has 0 saturated carbocycles. The zero-order chi connectivity index (χ0) is 16.9. The second-order valence-electron chi connectivity index (χ2n) is 4.92. The Balaban J connectivity index is 3.15. The molecule has 1 rings (SSSR count). The number of methoxy groups -OCH3 is 2. The fourth-order valence-corrected chi connectivity index (χ4v) is 1.98. The highest BCUT2D eigenvalue weighted by Gasteiger charge is 2.24. The first kappa shape index (κ1) is 17.7. The summed E-state index contributed by atoms with van der Waals surface area (Å²) in [7, 11) is 2.75. The largest absolute Gasteiger partial charge is 0.493 e. The lowest BCUT2D eigenvalue weighted by Crippen LogP contribution is -2.39. The first-order chi connectivity index (χ1) is 10.3. The van der Waals surface area contributed by atoms with E-state index in [1.807, 2.05) is 0 Å². The monoisotopic (exact) mass is 313 g/mol. The molecule has 6 nitrogen and oxygen atoms in total. The van der Waals surface area contributed by atoms with Crippen LogP contribution in [0.3, 0.4) is 0 Å². The summed E-state index contributed by atoms with van der Waals surface area (Å²) in [6, 6.07) is 2.06. The highest BCUT2D eigenvalue weighted by molar-refractivity contribution is 5.95. The van der Waals surface area contributed by atoms with E-state index in [2.05, 4.69) is 0 Å². The number of carbonyl (C=O) groups is 2. The van der Waals surface area contributed by atoms with Crippen LogP contribution in [0.2, 0.25) is 0 Å². The van der Waals surface area contributed by atoms with Crippen molar-refractivity contribution in [3.8, 4) is 11.5 Å². The first-order valence-corrected chi connectivity index (χ1v) is 6.76. The Morgan fingerprint density at radius 2 is 1.77 bits per heavy atom. The van der Waals surface area contributed by atoms with Gasteiger partial charge in [-0.3, -0.25) is 9.59 Å². The standard InChI is InChI=1S/C15H20FNO5/c1-9(2)17(6-5-14(18)19)15(20)10-7-12(21-3)13(22-4)8-11(10)16/h7-9H,5-6H2,1-4H3,(H,18,19). The molecule has 0 aliphatic heterocycles. The molecule has 22 heavy (non-hydrogen) atoms. The highest BCUT2D eigenvalue weighted by Crippen LogP contribution is 2.30. The maximum absolute atomic E-state index is 14.1. The van der Waals surface area contributed by atoms with Crippen molar-refractivity contribution in [3.63, 3.8) is 0 Å². The van der Waals surface area contributed by atoms with Crippen molar-refractivity contribution in [2.75, 3.05) is 20.8 Å². The third-order valence-electron chi connectivity index (χ3n) is 3.15. The second-order valence-corrected chi connectivity index (χ2v) is 4.92. The lowest BCUT2D eigenvalue weighted by atomic mass is 10.1. The predicted octanol–water partition coefficient (Wildman–Crippen LogP) is 2.17. The van der Waals surface area contributed by atoms with Gasteiger partial charge in [-0.1, -0.05) is 0 Å². The molecule has 0 aromatic heterocycles. The summed E-state index contributed by atoms with van der Waals surface area (Å²) in [6.07, 6.45) is -0.209. The minimum Gasteiger partial charge on any atom is -0.493 e. The number of rotatable bonds is 7. The van der Waals surface area contributed by atoms with Crippen molar-refractivity contribution < 1.29 is 28.6 Å². The number of ether oxygens (including phenoxy) is 2. The zero-order valence-corrected chi connectivity index (χ0v) is 13.1. The molecule has 0 atom stereocenters. The summed E-state index contributed by atoms with van der Waals surface area (Å²) >= 11 is 0. The molecule has 0 bridgehead atoms. The van der Waals surface area contributed by atoms with Gasteiger partial charge in [0.15, 0.2) is 11.5 Å².